The zero-order valence-electron chi connectivity index (χ0n) is 22.7. The van der Waals surface area contributed by atoms with Crippen LogP contribution < -0.4 is 10.6 Å². The molecule has 2 heterocycles. The number of aryl methyl sites for hydroxylation is 1. The molecular weight excluding hydrogens is 500 g/mol. The molecule has 0 radical (unpaired) electrons. The summed E-state index contributed by atoms with van der Waals surface area (Å²) >= 11 is 3.55. The van der Waals surface area contributed by atoms with E-state index in [1.54, 1.807) is 11.3 Å². The molecule has 4 rings (SSSR count). The number of thiazole rings is 1. The van der Waals surface area contributed by atoms with Gasteiger partial charge in [-0.05, 0) is 76.3 Å². The number of likely N-dealkylation sites (N-methyl/N-ethyl adjacent to an activating group) is 1. The first-order chi connectivity index (χ1) is 17.8. The Hall–Kier alpha value is -1.90. The number of aromatic nitrogens is 1. The van der Waals surface area contributed by atoms with Crippen molar-refractivity contribution in [2.75, 3.05) is 19.3 Å². The molecule has 1 aliphatic heterocycles. The van der Waals surface area contributed by atoms with Gasteiger partial charge in [-0.1, -0.05) is 43.5 Å². The summed E-state index contributed by atoms with van der Waals surface area (Å²) in [4.78, 5) is 34.2. The third kappa shape index (κ3) is 6.95. The number of thioether (sulfide) groups is 1. The summed E-state index contributed by atoms with van der Waals surface area (Å²) in [6, 6.07) is 7.54. The van der Waals surface area contributed by atoms with Crippen molar-refractivity contribution >= 4 is 34.9 Å². The van der Waals surface area contributed by atoms with E-state index in [1.165, 1.54) is 37.0 Å². The number of benzene rings is 1. The summed E-state index contributed by atoms with van der Waals surface area (Å²) in [7, 11) is 1.87. The Morgan fingerprint density at radius 3 is 2.51 bits per heavy atom. The standard InChI is InChI=1S/C29H42N4O2S2/c1-20-25(36-19-32-20)23-14-12-21(13-15-23)17-31-27(34)24-11-8-16-33(24)28(35)26(30-4)29(2,3)37-18-22-9-6-5-7-10-22/h12-15,19,22,24,26,30H,5-11,16-18H2,1-4H3,(H,31,34)/t24-,26+/m0/s1. The van der Waals surface area contributed by atoms with Gasteiger partial charge in [-0.15, -0.1) is 11.3 Å². The highest BCUT2D eigenvalue weighted by Crippen LogP contribution is 2.36. The number of likely N-dealkylation sites (tertiary alicyclic amines) is 1. The van der Waals surface area contributed by atoms with Gasteiger partial charge in [0.05, 0.1) is 16.1 Å². The summed E-state index contributed by atoms with van der Waals surface area (Å²) in [5.41, 5.74) is 5.09. The maximum atomic E-state index is 13.7. The van der Waals surface area contributed by atoms with Crippen molar-refractivity contribution in [2.24, 2.45) is 5.92 Å². The normalized spacial score (nSPS) is 19.7. The van der Waals surface area contributed by atoms with Gasteiger partial charge in [0.2, 0.25) is 11.8 Å². The number of nitrogens with one attached hydrogen (secondary N) is 2. The highest BCUT2D eigenvalue weighted by molar-refractivity contribution is 8.00. The van der Waals surface area contributed by atoms with Crippen LogP contribution in [0.4, 0.5) is 0 Å². The van der Waals surface area contributed by atoms with E-state index < -0.39 is 6.04 Å². The van der Waals surface area contributed by atoms with Gasteiger partial charge in [0, 0.05) is 17.8 Å². The third-order valence-electron chi connectivity index (χ3n) is 7.91. The van der Waals surface area contributed by atoms with E-state index in [0.717, 1.165) is 34.9 Å². The van der Waals surface area contributed by atoms with Crippen molar-refractivity contribution < 1.29 is 9.59 Å². The SMILES string of the molecule is CN[C@H](C(=O)N1CCC[C@H]1C(=O)NCc1ccc(-c2scnc2C)cc1)C(C)(C)SCC1CCCCC1. The Labute approximate surface area is 230 Å². The van der Waals surface area contributed by atoms with Crippen LogP contribution in [0.2, 0.25) is 0 Å². The minimum Gasteiger partial charge on any atom is -0.350 e. The van der Waals surface area contributed by atoms with E-state index in [4.69, 9.17) is 0 Å². The topological polar surface area (TPSA) is 74.3 Å². The van der Waals surface area contributed by atoms with E-state index in [1.807, 2.05) is 36.1 Å². The lowest BCUT2D eigenvalue weighted by Gasteiger charge is -2.37. The number of carbonyl (C=O) groups is 2. The lowest BCUT2D eigenvalue weighted by Crippen LogP contribution is -2.57. The maximum Gasteiger partial charge on any atom is 0.243 e. The van der Waals surface area contributed by atoms with Crippen molar-refractivity contribution in [3.63, 3.8) is 0 Å². The molecule has 2 atom stereocenters. The number of rotatable bonds is 10. The average molecular weight is 543 g/mol. The highest BCUT2D eigenvalue weighted by atomic mass is 32.2. The van der Waals surface area contributed by atoms with Gasteiger partial charge >= 0.3 is 0 Å². The van der Waals surface area contributed by atoms with Crippen LogP contribution in [0.15, 0.2) is 29.8 Å². The van der Waals surface area contributed by atoms with Crippen LogP contribution in [0.1, 0.15) is 70.1 Å². The molecule has 8 heteroatoms. The van der Waals surface area contributed by atoms with Gasteiger partial charge in [0.1, 0.15) is 12.1 Å². The molecule has 2 N–H and O–H groups in total. The average Bonchev–Trinajstić information content (AvgIpc) is 3.57. The molecule has 0 spiro atoms. The fourth-order valence-electron chi connectivity index (χ4n) is 5.67. The predicted molar refractivity (Wildman–Crippen MR) is 155 cm³/mol. The largest absolute Gasteiger partial charge is 0.350 e. The fraction of sp³-hybridized carbons (Fsp3) is 0.621. The molecule has 37 heavy (non-hydrogen) atoms. The minimum absolute atomic E-state index is 0.0468. The summed E-state index contributed by atoms with van der Waals surface area (Å²) in [6.07, 6.45) is 8.22. The fourth-order valence-corrected chi connectivity index (χ4v) is 7.86. The van der Waals surface area contributed by atoms with Crippen LogP contribution in [-0.4, -0.2) is 57.9 Å². The zero-order chi connectivity index (χ0) is 26.4. The van der Waals surface area contributed by atoms with Crippen LogP contribution in [0.25, 0.3) is 10.4 Å². The molecule has 1 aromatic heterocycles. The molecule has 6 nitrogen and oxygen atoms in total. The Balaban J connectivity index is 1.33. The minimum atomic E-state index is -0.401. The van der Waals surface area contributed by atoms with Crippen molar-refractivity contribution in [1.29, 1.82) is 0 Å². The number of hydrogen-bond acceptors (Lipinski definition) is 6. The van der Waals surface area contributed by atoms with E-state index in [2.05, 4.69) is 53.7 Å². The molecule has 1 saturated carbocycles. The number of hydrogen-bond donors (Lipinski definition) is 2. The van der Waals surface area contributed by atoms with Crippen molar-refractivity contribution in [1.82, 2.24) is 20.5 Å². The molecule has 1 saturated heterocycles. The molecule has 2 aromatic rings. The first-order valence-electron chi connectivity index (χ1n) is 13.7. The van der Waals surface area contributed by atoms with Gasteiger partial charge in [-0.25, -0.2) is 4.98 Å². The van der Waals surface area contributed by atoms with Gasteiger partial charge in [-0.3, -0.25) is 9.59 Å². The Morgan fingerprint density at radius 2 is 1.86 bits per heavy atom. The number of nitrogens with zero attached hydrogens (tertiary/aromatic N) is 2. The number of carbonyl (C=O) groups excluding carboxylic acids is 2. The quantitative estimate of drug-likeness (QED) is 0.420. The zero-order valence-corrected chi connectivity index (χ0v) is 24.4. The molecule has 2 amide bonds. The van der Waals surface area contributed by atoms with Crippen molar-refractivity contribution in [3.05, 3.63) is 41.0 Å². The molecule has 1 aromatic carbocycles. The van der Waals surface area contributed by atoms with Crippen LogP contribution >= 0.6 is 23.1 Å². The van der Waals surface area contributed by atoms with E-state index in [-0.39, 0.29) is 22.6 Å². The second-order valence-corrected chi connectivity index (χ2v) is 13.5. The Kier molecular flexibility index (Phi) is 9.70. The summed E-state index contributed by atoms with van der Waals surface area (Å²) < 4.78 is -0.245. The lowest BCUT2D eigenvalue weighted by atomic mass is 9.91. The third-order valence-corrected chi connectivity index (χ3v) is 10.5. The van der Waals surface area contributed by atoms with E-state index in [9.17, 15) is 9.59 Å². The van der Waals surface area contributed by atoms with Gasteiger partial charge in [-0.2, -0.15) is 11.8 Å². The van der Waals surface area contributed by atoms with Crippen LogP contribution in [-0.2, 0) is 16.1 Å². The molecule has 0 bridgehead atoms. The first kappa shape index (κ1) is 28.1. The second kappa shape index (κ2) is 12.8. The second-order valence-electron chi connectivity index (χ2n) is 11.0. The molecule has 2 aliphatic rings. The molecule has 202 valence electrons. The van der Waals surface area contributed by atoms with Crippen molar-refractivity contribution in [2.45, 2.75) is 89.1 Å². The molecular formula is C29H42N4O2S2. The Morgan fingerprint density at radius 1 is 1.14 bits per heavy atom. The monoisotopic (exact) mass is 542 g/mol. The first-order valence-corrected chi connectivity index (χ1v) is 15.6. The highest BCUT2D eigenvalue weighted by Gasteiger charge is 2.42. The molecule has 0 unspecified atom stereocenters. The predicted octanol–water partition coefficient (Wildman–Crippen LogP) is 5.41. The van der Waals surface area contributed by atoms with Gasteiger partial charge in [0.15, 0.2) is 0 Å². The van der Waals surface area contributed by atoms with E-state index in [0.29, 0.717) is 19.5 Å². The maximum absolute atomic E-state index is 13.7. The van der Waals surface area contributed by atoms with Gasteiger partial charge < -0.3 is 15.5 Å². The molecule has 1 aliphatic carbocycles. The Bertz CT molecular complexity index is 1050. The van der Waals surface area contributed by atoms with Crippen LogP contribution in [0.3, 0.4) is 0 Å². The van der Waals surface area contributed by atoms with Crippen LogP contribution in [0.5, 0.6) is 0 Å². The summed E-state index contributed by atoms with van der Waals surface area (Å²) in [5.74, 6) is 1.85. The van der Waals surface area contributed by atoms with Gasteiger partial charge in [0.25, 0.3) is 0 Å². The lowest BCUT2D eigenvalue weighted by molar-refractivity contribution is -0.140. The van der Waals surface area contributed by atoms with Crippen molar-refractivity contribution in [3.8, 4) is 10.4 Å². The smallest absolute Gasteiger partial charge is 0.243 e. The summed E-state index contributed by atoms with van der Waals surface area (Å²) in [6.45, 7) is 7.45. The van der Waals surface area contributed by atoms with Crippen LogP contribution in [0, 0.1) is 12.8 Å². The van der Waals surface area contributed by atoms with E-state index >= 15 is 0 Å². The number of amides is 2. The molecule has 2 fully saturated rings. The summed E-state index contributed by atoms with van der Waals surface area (Å²) in [5, 5.41) is 6.38.